The lowest BCUT2D eigenvalue weighted by atomic mass is 9.84. The van der Waals surface area contributed by atoms with Crippen LogP contribution < -0.4 is 5.32 Å². The lowest BCUT2D eigenvalue weighted by molar-refractivity contribution is -0.135. The van der Waals surface area contributed by atoms with Gasteiger partial charge in [0.1, 0.15) is 6.23 Å². The van der Waals surface area contributed by atoms with Crippen molar-refractivity contribution >= 4 is 11.9 Å². The molecule has 1 N–H and O–H groups in total. The highest BCUT2D eigenvalue weighted by atomic mass is 16.5. The highest BCUT2D eigenvalue weighted by molar-refractivity contribution is 5.99. The van der Waals surface area contributed by atoms with Gasteiger partial charge < -0.3 is 4.74 Å². The summed E-state index contributed by atoms with van der Waals surface area (Å²) in [6.45, 7) is 6.31. The minimum atomic E-state index is -0.497. The molecular weight excluding hydrogens is 220 g/mol. The SMILES string of the molecule is CCC1(C)CN([C@H]2CC[C@@H](C)O2)C(=O)NC1=O. The molecule has 2 fully saturated rings. The van der Waals surface area contributed by atoms with E-state index in [-0.39, 0.29) is 24.3 Å². The Morgan fingerprint density at radius 2 is 2.18 bits per heavy atom. The zero-order valence-electron chi connectivity index (χ0n) is 10.7. The van der Waals surface area contributed by atoms with Crippen LogP contribution in [0.2, 0.25) is 0 Å². The minimum absolute atomic E-state index is 0.174. The van der Waals surface area contributed by atoms with E-state index in [0.717, 1.165) is 12.8 Å². The molecule has 2 rings (SSSR count). The average Bonchev–Trinajstić information content (AvgIpc) is 2.70. The van der Waals surface area contributed by atoms with Crippen LogP contribution in [0.15, 0.2) is 0 Å². The molecule has 2 aliphatic rings. The Labute approximate surface area is 101 Å². The van der Waals surface area contributed by atoms with Crippen molar-refractivity contribution in [1.82, 2.24) is 10.2 Å². The maximum Gasteiger partial charge on any atom is 0.326 e. The van der Waals surface area contributed by atoms with E-state index in [4.69, 9.17) is 4.74 Å². The number of amides is 3. The fourth-order valence-corrected chi connectivity index (χ4v) is 2.36. The topological polar surface area (TPSA) is 58.6 Å². The Bertz CT molecular complexity index is 345. The van der Waals surface area contributed by atoms with Crippen molar-refractivity contribution in [2.24, 2.45) is 5.41 Å². The number of nitrogens with zero attached hydrogens (tertiary/aromatic N) is 1. The molecule has 0 aromatic carbocycles. The third-order valence-corrected chi connectivity index (χ3v) is 3.89. The molecule has 3 atom stereocenters. The summed E-state index contributed by atoms with van der Waals surface area (Å²) in [5.41, 5.74) is -0.497. The van der Waals surface area contributed by atoms with Gasteiger partial charge in [-0.3, -0.25) is 15.0 Å². The summed E-state index contributed by atoms with van der Waals surface area (Å²) in [6, 6.07) is -0.319. The second-order valence-corrected chi connectivity index (χ2v) is 5.28. The second-order valence-electron chi connectivity index (χ2n) is 5.28. The van der Waals surface area contributed by atoms with Crippen molar-refractivity contribution in [3.8, 4) is 0 Å². The van der Waals surface area contributed by atoms with Gasteiger partial charge in [-0.1, -0.05) is 6.92 Å². The first kappa shape index (κ1) is 12.4. The van der Waals surface area contributed by atoms with Gasteiger partial charge >= 0.3 is 6.03 Å². The smallest absolute Gasteiger partial charge is 0.326 e. The van der Waals surface area contributed by atoms with E-state index in [9.17, 15) is 9.59 Å². The van der Waals surface area contributed by atoms with Crippen LogP contribution in [0.25, 0.3) is 0 Å². The van der Waals surface area contributed by atoms with Crippen LogP contribution in [-0.4, -0.2) is 35.7 Å². The van der Waals surface area contributed by atoms with E-state index in [1.165, 1.54) is 0 Å². The minimum Gasteiger partial charge on any atom is -0.355 e. The highest BCUT2D eigenvalue weighted by Crippen LogP contribution is 2.31. The van der Waals surface area contributed by atoms with Crippen molar-refractivity contribution < 1.29 is 14.3 Å². The number of carbonyl (C=O) groups is 2. The van der Waals surface area contributed by atoms with Crippen molar-refractivity contribution in [1.29, 1.82) is 0 Å². The van der Waals surface area contributed by atoms with E-state index >= 15 is 0 Å². The monoisotopic (exact) mass is 240 g/mol. The van der Waals surface area contributed by atoms with Gasteiger partial charge in [0.25, 0.3) is 0 Å². The number of hydrogen-bond donors (Lipinski definition) is 1. The molecule has 0 aliphatic carbocycles. The number of urea groups is 1. The van der Waals surface area contributed by atoms with Crippen LogP contribution in [0, 0.1) is 5.41 Å². The molecule has 0 bridgehead atoms. The fourth-order valence-electron chi connectivity index (χ4n) is 2.36. The summed E-state index contributed by atoms with van der Waals surface area (Å²) in [4.78, 5) is 25.3. The molecule has 2 heterocycles. The Balaban J connectivity index is 2.12. The summed E-state index contributed by atoms with van der Waals surface area (Å²) in [5, 5.41) is 2.43. The van der Waals surface area contributed by atoms with E-state index < -0.39 is 5.41 Å². The molecule has 3 amide bonds. The molecule has 17 heavy (non-hydrogen) atoms. The average molecular weight is 240 g/mol. The van der Waals surface area contributed by atoms with E-state index in [0.29, 0.717) is 13.0 Å². The molecule has 1 unspecified atom stereocenters. The Hall–Kier alpha value is -1.10. The molecule has 2 aliphatic heterocycles. The Kier molecular flexibility index (Phi) is 3.12. The van der Waals surface area contributed by atoms with Crippen LogP contribution in [0.3, 0.4) is 0 Å². The van der Waals surface area contributed by atoms with Gasteiger partial charge in [0.15, 0.2) is 0 Å². The van der Waals surface area contributed by atoms with Gasteiger partial charge in [-0.2, -0.15) is 0 Å². The number of ether oxygens (including phenoxy) is 1. The lowest BCUT2D eigenvalue weighted by Gasteiger charge is -2.40. The molecule has 0 saturated carbocycles. The fraction of sp³-hybridized carbons (Fsp3) is 0.833. The molecule has 0 aromatic rings. The summed E-state index contributed by atoms with van der Waals surface area (Å²) in [6.07, 6.45) is 2.54. The zero-order valence-corrected chi connectivity index (χ0v) is 10.7. The molecular formula is C12H20N2O3. The van der Waals surface area contributed by atoms with Crippen LogP contribution >= 0.6 is 0 Å². The van der Waals surface area contributed by atoms with E-state index in [1.54, 1.807) is 4.90 Å². The maximum atomic E-state index is 11.8. The van der Waals surface area contributed by atoms with Crippen LogP contribution in [0.5, 0.6) is 0 Å². The molecule has 0 spiro atoms. The van der Waals surface area contributed by atoms with E-state index in [2.05, 4.69) is 5.32 Å². The molecule has 5 nitrogen and oxygen atoms in total. The van der Waals surface area contributed by atoms with E-state index in [1.807, 2.05) is 20.8 Å². The quantitative estimate of drug-likeness (QED) is 0.795. The summed E-state index contributed by atoms with van der Waals surface area (Å²) in [5.74, 6) is -0.174. The molecule has 0 radical (unpaired) electrons. The van der Waals surface area contributed by atoms with Crippen LogP contribution in [0.1, 0.15) is 40.0 Å². The largest absolute Gasteiger partial charge is 0.355 e. The number of hydrogen-bond acceptors (Lipinski definition) is 3. The number of carbonyl (C=O) groups excluding carboxylic acids is 2. The number of imide groups is 1. The van der Waals surface area contributed by atoms with Crippen LogP contribution in [0.4, 0.5) is 4.79 Å². The van der Waals surface area contributed by atoms with Gasteiger partial charge in [-0.25, -0.2) is 4.79 Å². The van der Waals surface area contributed by atoms with Crippen molar-refractivity contribution in [3.05, 3.63) is 0 Å². The first-order valence-corrected chi connectivity index (χ1v) is 6.24. The molecule has 0 aromatic heterocycles. The molecule has 2 saturated heterocycles. The first-order chi connectivity index (χ1) is 7.96. The predicted molar refractivity (Wildman–Crippen MR) is 62.2 cm³/mol. The van der Waals surface area contributed by atoms with Crippen molar-refractivity contribution in [2.75, 3.05) is 6.54 Å². The van der Waals surface area contributed by atoms with Crippen molar-refractivity contribution in [2.45, 2.75) is 52.4 Å². The van der Waals surface area contributed by atoms with Gasteiger partial charge in [0.2, 0.25) is 5.91 Å². The predicted octanol–water partition coefficient (Wildman–Crippen LogP) is 1.48. The lowest BCUT2D eigenvalue weighted by Crippen LogP contribution is -2.61. The van der Waals surface area contributed by atoms with Gasteiger partial charge in [0, 0.05) is 6.54 Å². The Morgan fingerprint density at radius 3 is 2.71 bits per heavy atom. The summed E-state index contributed by atoms with van der Waals surface area (Å²) < 4.78 is 5.70. The van der Waals surface area contributed by atoms with Crippen molar-refractivity contribution in [3.63, 3.8) is 0 Å². The number of nitrogens with one attached hydrogen (secondary N) is 1. The standard InChI is InChI=1S/C12H20N2O3/c1-4-12(3)7-14(11(16)13-10(12)15)9-6-5-8(2)17-9/h8-9H,4-7H2,1-3H3,(H,13,15,16)/t8-,9-,12?/m1/s1. The van der Waals surface area contributed by atoms with Gasteiger partial charge in [-0.15, -0.1) is 0 Å². The second kappa shape index (κ2) is 4.29. The Morgan fingerprint density at radius 1 is 1.47 bits per heavy atom. The van der Waals surface area contributed by atoms with Crippen LogP contribution in [-0.2, 0) is 9.53 Å². The van der Waals surface area contributed by atoms with Gasteiger partial charge in [0.05, 0.1) is 11.5 Å². The zero-order chi connectivity index (χ0) is 12.6. The highest BCUT2D eigenvalue weighted by Gasteiger charge is 2.44. The summed E-state index contributed by atoms with van der Waals surface area (Å²) in [7, 11) is 0. The maximum absolute atomic E-state index is 11.8. The summed E-state index contributed by atoms with van der Waals surface area (Å²) >= 11 is 0. The third kappa shape index (κ3) is 2.16. The van der Waals surface area contributed by atoms with Gasteiger partial charge in [-0.05, 0) is 33.1 Å². The molecule has 96 valence electrons. The molecule has 5 heteroatoms. The number of rotatable bonds is 2. The third-order valence-electron chi connectivity index (χ3n) is 3.89. The first-order valence-electron chi connectivity index (χ1n) is 6.24. The normalized spacial score (nSPS) is 38.4.